The minimum Gasteiger partial charge on any atom is -0.510 e. The number of aromatic hydroxyl groups is 1. The maximum absolute atomic E-state index is 13.8. The number of rotatable bonds is 5. The van der Waals surface area contributed by atoms with E-state index < -0.39 is 58.0 Å². The molecule has 0 unspecified atom stereocenters. The number of hydrogen-bond acceptors (Lipinski definition) is 9. The molecule has 0 bridgehead atoms. The van der Waals surface area contributed by atoms with E-state index in [2.05, 4.69) is 11.8 Å². The average molecular weight is 560 g/mol. The van der Waals surface area contributed by atoms with E-state index >= 15 is 0 Å². The van der Waals surface area contributed by atoms with Crippen molar-refractivity contribution in [2.75, 3.05) is 21.1 Å². The van der Waals surface area contributed by atoms with Gasteiger partial charge in [0.05, 0.1) is 11.6 Å². The molecule has 5 rings (SSSR count). The van der Waals surface area contributed by atoms with Gasteiger partial charge in [-0.25, -0.2) is 0 Å². The molecule has 4 aliphatic rings. The maximum Gasteiger partial charge on any atom is 0.255 e. The van der Waals surface area contributed by atoms with Crippen molar-refractivity contribution in [3.05, 3.63) is 50.4 Å². The quantitative estimate of drug-likeness (QED) is 0.340. The lowest BCUT2D eigenvalue weighted by molar-refractivity contribution is -0.148. The summed E-state index contributed by atoms with van der Waals surface area (Å²) in [6, 6.07) is 0.415. The van der Waals surface area contributed by atoms with Crippen LogP contribution in [0.1, 0.15) is 54.1 Å². The van der Waals surface area contributed by atoms with Crippen LogP contribution in [-0.4, -0.2) is 86.0 Å². The fourth-order valence-electron chi connectivity index (χ4n) is 6.99. The molecule has 39 heavy (non-hydrogen) atoms. The Kier molecular flexibility index (Phi) is 6.42. The molecule has 0 spiro atoms. The fraction of sp³-hybridized carbons (Fsp3) is 0.536. The first-order valence-electron chi connectivity index (χ1n) is 13.0. The highest BCUT2D eigenvalue weighted by molar-refractivity contribution is 6.33. The number of aliphatic hydroxyl groups excluding tert-OH is 2. The molecule has 0 radical (unpaired) electrons. The van der Waals surface area contributed by atoms with Crippen LogP contribution in [0.5, 0.6) is 5.75 Å². The van der Waals surface area contributed by atoms with E-state index in [0.29, 0.717) is 22.7 Å². The summed E-state index contributed by atoms with van der Waals surface area (Å²) in [4.78, 5) is 42.9. The molecule has 4 atom stereocenters. The lowest BCUT2D eigenvalue weighted by atomic mass is 9.58. The number of nitrogens with two attached hydrogens (primary N) is 1. The SMILES string of the molecule is CN(C)[C@@H]1C(O)=C(C(N)=O)C(=O)[C@@]2(O)C(O)=C3C(=O)c4c(O)cc(CN(C)C5(C)CCC5)c(Cl)c4C[C@H]3C[C@@H]12. The van der Waals surface area contributed by atoms with Crippen LogP contribution in [0.25, 0.3) is 0 Å². The van der Waals surface area contributed by atoms with E-state index in [1.54, 1.807) is 14.1 Å². The Labute approximate surface area is 231 Å². The number of Topliss-reactive ketones (excluding diaryl/α,β-unsaturated/α-hetero) is 2. The Balaban J connectivity index is 1.62. The van der Waals surface area contributed by atoms with Crippen molar-refractivity contribution in [3.8, 4) is 5.75 Å². The smallest absolute Gasteiger partial charge is 0.255 e. The van der Waals surface area contributed by atoms with E-state index in [-0.39, 0.29) is 35.3 Å². The fourth-order valence-corrected chi connectivity index (χ4v) is 7.27. The normalized spacial score (nSPS) is 29.8. The van der Waals surface area contributed by atoms with Crippen molar-refractivity contribution in [1.82, 2.24) is 9.80 Å². The molecule has 1 fully saturated rings. The van der Waals surface area contributed by atoms with Crippen LogP contribution in [-0.2, 0) is 22.6 Å². The molecular formula is C28H34ClN3O7. The van der Waals surface area contributed by atoms with Crippen LogP contribution in [0.4, 0.5) is 0 Å². The largest absolute Gasteiger partial charge is 0.510 e. The predicted molar refractivity (Wildman–Crippen MR) is 142 cm³/mol. The van der Waals surface area contributed by atoms with Crippen molar-refractivity contribution in [3.63, 3.8) is 0 Å². The number of benzene rings is 1. The highest BCUT2D eigenvalue weighted by Crippen LogP contribution is 2.53. The van der Waals surface area contributed by atoms with Gasteiger partial charge in [0.25, 0.3) is 5.91 Å². The summed E-state index contributed by atoms with van der Waals surface area (Å²) in [5, 5.41) is 45.2. The van der Waals surface area contributed by atoms with Gasteiger partial charge in [-0.05, 0) is 83.3 Å². The van der Waals surface area contributed by atoms with Crippen LogP contribution >= 0.6 is 11.6 Å². The maximum atomic E-state index is 13.8. The first kappa shape index (κ1) is 27.6. The minimum atomic E-state index is -2.66. The molecule has 210 valence electrons. The van der Waals surface area contributed by atoms with Crippen LogP contribution in [0, 0.1) is 11.8 Å². The van der Waals surface area contributed by atoms with E-state index in [0.717, 1.165) is 19.3 Å². The molecule has 4 aliphatic carbocycles. The van der Waals surface area contributed by atoms with Gasteiger partial charge >= 0.3 is 0 Å². The monoisotopic (exact) mass is 559 g/mol. The van der Waals surface area contributed by atoms with Crippen LogP contribution in [0.15, 0.2) is 28.7 Å². The van der Waals surface area contributed by atoms with Crippen LogP contribution < -0.4 is 5.73 Å². The Morgan fingerprint density at radius 1 is 1.18 bits per heavy atom. The number of aliphatic hydroxyl groups is 3. The summed E-state index contributed by atoms with van der Waals surface area (Å²) in [7, 11) is 5.18. The Bertz CT molecular complexity index is 1380. The zero-order valence-corrected chi connectivity index (χ0v) is 23.2. The number of ketones is 2. The van der Waals surface area contributed by atoms with E-state index in [1.165, 1.54) is 11.0 Å². The van der Waals surface area contributed by atoms with Crippen LogP contribution in [0.2, 0.25) is 5.02 Å². The van der Waals surface area contributed by atoms with E-state index in [9.17, 15) is 34.8 Å². The number of halogens is 1. The molecule has 0 saturated heterocycles. The van der Waals surface area contributed by atoms with Gasteiger partial charge in [-0.15, -0.1) is 0 Å². The highest BCUT2D eigenvalue weighted by atomic mass is 35.5. The summed E-state index contributed by atoms with van der Waals surface area (Å²) in [5.74, 6) is -6.79. The lowest BCUT2D eigenvalue weighted by Crippen LogP contribution is -2.63. The molecule has 10 nitrogen and oxygen atoms in total. The second-order valence-electron chi connectivity index (χ2n) is 11.9. The third-order valence-electron chi connectivity index (χ3n) is 9.49. The van der Waals surface area contributed by atoms with E-state index in [1.807, 2.05) is 7.05 Å². The van der Waals surface area contributed by atoms with Gasteiger partial charge in [0, 0.05) is 28.6 Å². The number of phenols is 1. The third kappa shape index (κ3) is 3.76. The van der Waals surface area contributed by atoms with Crippen molar-refractivity contribution in [2.45, 2.75) is 62.8 Å². The van der Waals surface area contributed by atoms with Gasteiger partial charge < -0.3 is 26.2 Å². The zero-order valence-electron chi connectivity index (χ0n) is 22.4. The molecule has 1 amide bonds. The first-order chi connectivity index (χ1) is 18.1. The van der Waals surface area contributed by atoms with Gasteiger partial charge in [-0.3, -0.25) is 24.2 Å². The van der Waals surface area contributed by atoms with E-state index in [4.69, 9.17) is 17.3 Å². The molecule has 1 aromatic carbocycles. The number of phenolic OH excluding ortho intramolecular Hbond substituents is 1. The van der Waals surface area contributed by atoms with Crippen LogP contribution in [0.3, 0.4) is 0 Å². The van der Waals surface area contributed by atoms with Crippen molar-refractivity contribution >= 4 is 29.1 Å². The molecule has 6 N–H and O–H groups in total. The number of carbonyl (C=O) groups is 3. The molecule has 0 heterocycles. The number of amides is 1. The number of hydrogen-bond donors (Lipinski definition) is 5. The van der Waals surface area contributed by atoms with Crippen molar-refractivity contribution in [2.24, 2.45) is 17.6 Å². The van der Waals surface area contributed by atoms with Gasteiger partial charge in [-0.2, -0.15) is 0 Å². The summed E-state index contributed by atoms with van der Waals surface area (Å²) < 4.78 is 0. The second-order valence-corrected chi connectivity index (χ2v) is 12.3. The van der Waals surface area contributed by atoms with Gasteiger partial charge in [0.2, 0.25) is 5.78 Å². The number of primary amides is 1. The summed E-state index contributed by atoms with van der Waals surface area (Å²) in [6.07, 6.45) is 3.44. The number of fused-ring (bicyclic) bond motifs is 3. The lowest BCUT2D eigenvalue weighted by Gasteiger charge is -2.50. The predicted octanol–water partition coefficient (Wildman–Crippen LogP) is 2.15. The minimum absolute atomic E-state index is 0.0189. The first-order valence-corrected chi connectivity index (χ1v) is 13.4. The van der Waals surface area contributed by atoms with Gasteiger partial charge in [0.1, 0.15) is 22.8 Å². The van der Waals surface area contributed by atoms with Gasteiger partial charge in [-0.1, -0.05) is 11.6 Å². The number of nitrogens with zero attached hydrogens (tertiary/aromatic N) is 2. The molecule has 1 aromatic rings. The molecule has 0 aliphatic heterocycles. The standard InChI is InChI=1S/C28H34ClN3O7/c1-27(6-5-7-27)32(4)11-13-10-16(33)18-14(20(13)29)8-12-9-15-21(31(2)3)23(35)19(26(30)38)25(37)28(15,39)24(36)17(12)22(18)34/h10,12,15,21,33,35-36,39H,5-9,11H2,1-4H3,(H2,30,38)/t12-,15-,21-,28-/m0/s1. The molecule has 1 saturated carbocycles. The Morgan fingerprint density at radius 2 is 1.82 bits per heavy atom. The second kappa shape index (κ2) is 9.05. The summed E-state index contributed by atoms with van der Waals surface area (Å²) >= 11 is 6.85. The Morgan fingerprint density at radius 3 is 2.36 bits per heavy atom. The van der Waals surface area contributed by atoms with Gasteiger partial charge in [0.15, 0.2) is 11.4 Å². The molecule has 0 aromatic heterocycles. The number of allylic oxidation sites excluding steroid dienone is 1. The summed E-state index contributed by atoms with van der Waals surface area (Å²) in [6.45, 7) is 2.65. The molecular weight excluding hydrogens is 526 g/mol. The average Bonchev–Trinajstić information content (AvgIpc) is 2.82. The van der Waals surface area contributed by atoms with Crippen molar-refractivity contribution in [1.29, 1.82) is 0 Å². The highest BCUT2D eigenvalue weighted by Gasteiger charge is 2.63. The zero-order chi connectivity index (χ0) is 28.8. The topological polar surface area (TPSA) is 165 Å². The van der Waals surface area contributed by atoms with Crippen molar-refractivity contribution < 1.29 is 34.8 Å². The number of likely N-dealkylation sites (N-methyl/N-ethyl adjacent to an activating group) is 1. The summed E-state index contributed by atoms with van der Waals surface area (Å²) in [5.41, 5.74) is 2.74. The third-order valence-corrected chi connectivity index (χ3v) is 9.96. The Hall–Kier alpha value is -2.92. The molecule has 11 heteroatoms. The number of carbonyl (C=O) groups excluding carboxylic acids is 3.